The number of hydroxylamine groups is 2. The van der Waals surface area contributed by atoms with Crippen molar-refractivity contribution in [2.45, 2.75) is 20.8 Å². The molecule has 6 heteroatoms. The smallest absolute Gasteiger partial charge is 0.330 e. The number of carbonyl (C=O) groups is 1. The number of piperazine rings is 1. The fraction of sp³-hybridized carbons (Fsp3) is 0.400. The van der Waals surface area contributed by atoms with E-state index in [0.29, 0.717) is 37.4 Å². The van der Waals surface area contributed by atoms with Crippen LogP contribution >= 0.6 is 0 Å². The van der Waals surface area contributed by atoms with Gasteiger partial charge in [-0.15, -0.1) is 5.06 Å². The van der Waals surface area contributed by atoms with Gasteiger partial charge < -0.3 is 9.74 Å². The van der Waals surface area contributed by atoms with E-state index in [4.69, 9.17) is 4.84 Å². The lowest BCUT2D eigenvalue weighted by molar-refractivity contribution is -0.201. The highest BCUT2D eigenvalue weighted by atomic mass is 19.1. The van der Waals surface area contributed by atoms with Crippen molar-refractivity contribution in [3.8, 4) is 11.3 Å². The molecule has 1 saturated heterocycles. The number of carbonyl (C=O) groups excluding carboxylic acids is 1. The van der Waals surface area contributed by atoms with Gasteiger partial charge >= 0.3 is 5.97 Å². The predicted octanol–water partition coefficient (Wildman–Crippen LogP) is 3.51. The van der Waals surface area contributed by atoms with Crippen LogP contribution in [0.4, 0.5) is 10.1 Å². The standard InChI is InChI=1S/C20H24FN3O2/c1-20(2,3)19(25)26-24-13-11-23(12-14-24)17-9-6-10-22-18(17)15-7-4-5-8-16(15)21/h4-10H,11-14H2,1-3H3. The summed E-state index contributed by atoms with van der Waals surface area (Å²) in [6, 6.07) is 10.5. The van der Waals surface area contributed by atoms with Crippen molar-refractivity contribution in [1.29, 1.82) is 0 Å². The molecule has 0 amide bonds. The molecule has 1 fully saturated rings. The van der Waals surface area contributed by atoms with Gasteiger partial charge in [0.25, 0.3) is 0 Å². The SMILES string of the molecule is CC(C)(C)C(=O)ON1CCN(c2cccnc2-c2ccccc2F)CC1. The van der Waals surface area contributed by atoms with Crippen LogP contribution in [0.15, 0.2) is 42.6 Å². The van der Waals surface area contributed by atoms with Crippen LogP contribution in [0.25, 0.3) is 11.3 Å². The quantitative estimate of drug-likeness (QED) is 0.841. The maximum atomic E-state index is 14.2. The minimum atomic E-state index is -0.529. The molecule has 3 rings (SSSR count). The van der Waals surface area contributed by atoms with Gasteiger partial charge in [0.2, 0.25) is 0 Å². The second-order valence-electron chi connectivity index (χ2n) is 7.40. The number of hydrogen-bond acceptors (Lipinski definition) is 5. The van der Waals surface area contributed by atoms with Crippen LogP contribution in [0.1, 0.15) is 20.8 Å². The average Bonchev–Trinajstić information content (AvgIpc) is 2.62. The van der Waals surface area contributed by atoms with Gasteiger partial charge in [-0.05, 0) is 45.0 Å². The molecule has 0 saturated carbocycles. The highest BCUT2D eigenvalue weighted by Gasteiger charge is 2.28. The van der Waals surface area contributed by atoms with Crippen LogP contribution in [-0.4, -0.2) is 42.2 Å². The third-order valence-corrected chi connectivity index (χ3v) is 4.32. The second-order valence-corrected chi connectivity index (χ2v) is 7.40. The van der Waals surface area contributed by atoms with E-state index in [1.54, 1.807) is 29.5 Å². The fourth-order valence-corrected chi connectivity index (χ4v) is 2.79. The molecule has 0 unspecified atom stereocenters. The molecule has 0 spiro atoms. The van der Waals surface area contributed by atoms with Crippen LogP contribution in [0, 0.1) is 11.2 Å². The number of benzene rings is 1. The first kappa shape index (κ1) is 18.3. The Labute approximate surface area is 153 Å². The minimum absolute atomic E-state index is 0.237. The first-order valence-electron chi connectivity index (χ1n) is 8.78. The zero-order valence-electron chi connectivity index (χ0n) is 15.4. The van der Waals surface area contributed by atoms with Crippen LogP contribution in [0.2, 0.25) is 0 Å². The summed E-state index contributed by atoms with van der Waals surface area (Å²) in [5, 5.41) is 1.70. The summed E-state index contributed by atoms with van der Waals surface area (Å²) < 4.78 is 14.2. The Morgan fingerprint density at radius 2 is 1.77 bits per heavy atom. The molecule has 1 aromatic carbocycles. The molecule has 0 atom stereocenters. The van der Waals surface area contributed by atoms with Crippen molar-refractivity contribution >= 4 is 11.7 Å². The number of aromatic nitrogens is 1. The van der Waals surface area contributed by atoms with E-state index >= 15 is 0 Å². The first-order valence-corrected chi connectivity index (χ1v) is 8.78. The molecule has 5 nitrogen and oxygen atoms in total. The summed E-state index contributed by atoms with van der Waals surface area (Å²) in [4.78, 5) is 24.1. The molecule has 1 aliphatic heterocycles. The molecule has 26 heavy (non-hydrogen) atoms. The van der Waals surface area contributed by atoms with E-state index in [2.05, 4.69) is 9.88 Å². The second kappa shape index (κ2) is 7.41. The summed E-state index contributed by atoms with van der Waals surface area (Å²) in [7, 11) is 0. The molecule has 2 heterocycles. The molecular formula is C20H24FN3O2. The third-order valence-electron chi connectivity index (χ3n) is 4.32. The van der Waals surface area contributed by atoms with Crippen molar-refractivity contribution < 1.29 is 14.0 Å². The van der Waals surface area contributed by atoms with Gasteiger partial charge in [0, 0.05) is 24.8 Å². The third kappa shape index (κ3) is 4.02. The monoisotopic (exact) mass is 357 g/mol. The summed E-state index contributed by atoms with van der Waals surface area (Å²) in [6.45, 7) is 8.03. The molecule has 1 aliphatic rings. The average molecular weight is 357 g/mol. The molecule has 1 aromatic heterocycles. The molecule has 0 radical (unpaired) electrons. The maximum Gasteiger partial charge on any atom is 0.330 e. The molecule has 2 aromatic rings. The Morgan fingerprint density at radius 3 is 2.42 bits per heavy atom. The van der Waals surface area contributed by atoms with Crippen LogP contribution in [-0.2, 0) is 9.63 Å². The number of anilines is 1. The van der Waals surface area contributed by atoms with Crippen LogP contribution in [0.3, 0.4) is 0 Å². The molecule has 0 bridgehead atoms. The van der Waals surface area contributed by atoms with Crippen molar-refractivity contribution in [3.63, 3.8) is 0 Å². The lowest BCUT2D eigenvalue weighted by atomic mass is 9.98. The Hall–Kier alpha value is -2.47. The number of nitrogens with zero attached hydrogens (tertiary/aromatic N) is 3. The zero-order chi connectivity index (χ0) is 18.7. The molecule has 0 N–H and O–H groups in total. The molecule has 138 valence electrons. The van der Waals surface area contributed by atoms with Crippen LogP contribution in [0.5, 0.6) is 0 Å². The van der Waals surface area contributed by atoms with E-state index in [9.17, 15) is 9.18 Å². The number of rotatable bonds is 3. The van der Waals surface area contributed by atoms with Gasteiger partial charge in [0.05, 0.1) is 29.9 Å². The normalized spacial score (nSPS) is 15.8. The maximum absolute atomic E-state index is 14.2. The summed E-state index contributed by atoms with van der Waals surface area (Å²) in [5.41, 5.74) is 1.48. The van der Waals surface area contributed by atoms with Gasteiger partial charge in [-0.3, -0.25) is 4.98 Å². The van der Waals surface area contributed by atoms with E-state index in [1.807, 2.05) is 32.9 Å². The first-order chi connectivity index (χ1) is 12.4. The predicted molar refractivity (Wildman–Crippen MR) is 99.0 cm³/mol. The highest BCUT2D eigenvalue weighted by Crippen LogP contribution is 2.31. The Bertz CT molecular complexity index is 781. The number of halogens is 1. The number of hydrogen-bond donors (Lipinski definition) is 0. The van der Waals surface area contributed by atoms with Gasteiger partial charge in [-0.25, -0.2) is 9.18 Å². The van der Waals surface area contributed by atoms with Crippen LogP contribution < -0.4 is 4.90 Å². The summed E-state index contributed by atoms with van der Waals surface area (Å²) in [6.07, 6.45) is 1.67. The molecule has 0 aliphatic carbocycles. The van der Waals surface area contributed by atoms with E-state index < -0.39 is 5.41 Å². The van der Waals surface area contributed by atoms with E-state index in [0.717, 1.165) is 5.69 Å². The Kier molecular flexibility index (Phi) is 5.23. The Balaban J connectivity index is 1.73. The van der Waals surface area contributed by atoms with Gasteiger partial charge in [-0.2, -0.15) is 0 Å². The lowest BCUT2D eigenvalue weighted by Gasteiger charge is -2.36. The van der Waals surface area contributed by atoms with Crippen molar-refractivity contribution in [2.24, 2.45) is 5.41 Å². The summed E-state index contributed by atoms with van der Waals surface area (Å²) >= 11 is 0. The van der Waals surface area contributed by atoms with Crippen molar-refractivity contribution in [3.05, 3.63) is 48.4 Å². The van der Waals surface area contributed by atoms with Gasteiger partial charge in [0.1, 0.15) is 5.82 Å². The van der Waals surface area contributed by atoms with Crippen molar-refractivity contribution in [1.82, 2.24) is 10.0 Å². The molecular weight excluding hydrogens is 333 g/mol. The minimum Gasteiger partial charge on any atom is -0.367 e. The van der Waals surface area contributed by atoms with Gasteiger partial charge in [0.15, 0.2) is 0 Å². The summed E-state index contributed by atoms with van der Waals surface area (Å²) in [5.74, 6) is -0.524. The highest BCUT2D eigenvalue weighted by molar-refractivity contribution is 5.76. The Morgan fingerprint density at radius 1 is 1.08 bits per heavy atom. The van der Waals surface area contributed by atoms with E-state index in [-0.39, 0.29) is 11.8 Å². The zero-order valence-corrected chi connectivity index (χ0v) is 15.4. The fourth-order valence-electron chi connectivity index (χ4n) is 2.79. The largest absolute Gasteiger partial charge is 0.367 e. The topological polar surface area (TPSA) is 45.7 Å². The lowest BCUT2D eigenvalue weighted by Crippen LogP contribution is -2.48. The van der Waals surface area contributed by atoms with Crippen molar-refractivity contribution in [2.75, 3.05) is 31.1 Å². The van der Waals surface area contributed by atoms with E-state index in [1.165, 1.54) is 6.07 Å². The van der Waals surface area contributed by atoms with Gasteiger partial charge in [-0.1, -0.05) is 12.1 Å². The number of pyridine rings is 1.